The summed E-state index contributed by atoms with van der Waals surface area (Å²) in [6.45, 7) is 5.11. The number of aryl methyl sites for hydroxylation is 1. The number of benzene rings is 1. The van der Waals surface area contributed by atoms with Crippen molar-refractivity contribution in [3.05, 3.63) is 34.9 Å². The van der Waals surface area contributed by atoms with Gasteiger partial charge in [0.25, 0.3) is 0 Å². The molecule has 17 heavy (non-hydrogen) atoms. The van der Waals surface area contributed by atoms with Crippen LogP contribution in [0.25, 0.3) is 0 Å². The molecule has 3 nitrogen and oxygen atoms in total. The van der Waals surface area contributed by atoms with Gasteiger partial charge in [-0.05, 0) is 51.3 Å². The summed E-state index contributed by atoms with van der Waals surface area (Å²) in [5.74, 6) is 0. The van der Waals surface area contributed by atoms with Crippen LogP contribution in [0.15, 0.2) is 18.2 Å². The third kappa shape index (κ3) is 4.56. The lowest BCUT2D eigenvalue weighted by molar-refractivity contribution is 0.276. The molecule has 3 heteroatoms. The van der Waals surface area contributed by atoms with Gasteiger partial charge in [0, 0.05) is 19.6 Å². The van der Waals surface area contributed by atoms with Gasteiger partial charge in [0.05, 0.1) is 11.6 Å². The number of rotatable bonds is 5. The minimum Gasteiger partial charge on any atom is -0.308 e. The fourth-order valence-electron chi connectivity index (χ4n) is 1.68. The molecule has 0 aliphatic carbocycles. The summed E-state index contributed by atoms with van der Waals surface area (Å²) in [5, 5.41) is 8.81. The van der Waals surface area contributed by atoms with Gasteiger partial charge in [0.15, 0.2) is 0 Å². The third-order valence-electron chi connectivity index (χ3n) is 2.84. The van der Waals surface area contributed by atoms with Crippen LogP contribution in [0.3, 0.4) is 0 Å². The first kappa shape index (κ1) is 13.7. The molecule has 0 bridgehead atoms. The van der Waals surface area contributed by atoms with E-state index in [9.17, 15) is 0 Å². The van der Waals surface area contributed by atoms with E-state index in [1.54, 1.807) is 0 Å². The van der Waals surface area contributed by atoms with E-state index in [0.717, 1.165) is 25.2 Å². The van der Waals surface area contributed by atoms with Crippen LogP contribution < -0.4 is 0 Å². The highest BCUT2D eigenvalue weighted by Gasteiger charge is 2.04. The molecule has 0 atom stereocenters. The van der Waals surface area contributed by atoms with E-state index < -0.39 is 0 Å². The summed E-state index contributed by atoms with van der Waals surface area (Å²) in [7, 11) is 6.29. The summed E-state index contributed by atoms with van der Waals surface area (Å²) in [6, 6.07) is 8.07. The molecule has 0 heterocycles. The van der Waals surface area contributed by atoms with Gasteiger partial charge in [-0.15, -0.1) is 0 Å². The van der Waals surface area contributed by atoms with Crippen molar-refractivity contribution in [2.45, 2.75) is 13.5 Å². The van der Waals surface area contributed by atoms with Crippen LogP contribution in [0, 0.1) is 18.3 Å². The van der Waals surface area contributed by atoms with Gasteiger partial charge in [-0.2, -0.15) is 5.26 Å². The van der Waals surface area contributed by atoms with Crippen LogP contribution in [0.5, 0.6) is 0 Å². The second kappa shape index (κ2) is 6.39. The normalized spacial score (nSPS) is 10.9. The minimum atomic E-state index is 0.738. The predicted octanol–water partition coefficient (Wildman–Crippen LogP) is 1.86. The van der Waals surface area contributed by atoms with Crippen molar-refractivity contribution in [2.75, 3.05) is 34.2 Å². The van der Waals surface area contributed by atoms with Crippen LogP contribution in [-0.4, -0.2) is 44.0 Å². The maximum atomic E-state index is 8.81. The van der Waals surface area contributed by atoms with Gasteiger partial charge in [-0.25, -0.2) is 0 Å². The van der Waals surface area contributed by atoms with Crippen LogP contribution in [0.2, 0.25) is 0 Å². The largest absolute Gasteiger partial charge is 0.308 e. The summed E-state index contributed by atoms with van der Waals surface area (Å²) in [6.07, 6.45) is 0. The molecule has 0 saturated carbocycles. The number of nitriles is 1. The number of hydrogen-bond donors (Lipinski definition) is 0. The van der Waals surface area contributed by atoms with Crippen LogP contribution in [-0.2, 0) is 6.54 Å². The summed E-state index contributed by atoms with van der Waals surface area (Å²) in [5.41, 5.74) is 3.23. The first-order valence-corrected chi connectivity index (χ1v) is 5.86. The molecule has 0 aliphatic rings. The molecule has 0 saturated heterocycles. The lowest BCUT2D eigenvalue weighted by Gasteiger charge is -2.20. The summed E-state index contributed by atoms with van der Waals surface area (Å²) >= 11 is 0. The lowest BCUT2D eigenvalue weighted by atomic mass is 10.1. The van der Waals surface area contributed by atoms with E-state index in [-0.39, 0.29) is 0 Å². The predicted molar refractivity (Wildman–Crippen MR) is 70.8 cm³/mol. The average molecular weight is 231 g/mol. The smallest absolute Gasteiger partial charge is 0.0991 e. The number of nitrogens with zero attached hydrogens (tertiary/aromatic N) is 3. The first-order chi connectivity index (χ1) is 8.02. The van der Waals surface area contributed by atoms with E-state index in [1.807, 2.05) is 12.1 Å². The van der Waals surface area contributed by atoms with Gasteiger partial charge in [0.1, 0.15) is 0 Å². The fraction of sp³-hybridized carbons (Fsp3) is 0.500. The Labute approximate surface area is 104 Å². The molecule has 0 spiro atoms. The second-order valence-corrected chi connectivity index (χ2v) is 4.79. The molecule has 92 valence electrons. The summed E-state index contributed by atoms with van der Waals surface area (Å²) in [4.78, 5) is 4.48. The highest BCUT2D eigenvalue weighted by atomic mass is 15.1. The quantitative estimate of drug-likeness (QED) is 0.775. The Kier molecular flexibility index (Phi) is 5.14. The van der Waals surface area contributed by atoms with Crippen LogP contribution in [0.4, 0.5) is 0 Å². The van der Waals surface area contributed by atoms with Crippen molar-refractivity contribution in [3.8, 4) is 6.07 Å². The van der Waals surface area contributed by atoms with E-state index in [1.165, 1.54) is 11.1 Å². The van der Waals surface area contributed by atoms with Gasteiger partial charge in [-0.1, -0.05) is 6.07 Å². The molecule has 1 aromatic carbocycles. The summed E-state index contributed by atoms with van der Waals surface area (Å²) < 4.78 is 0. The lowest BCUT2D eigenvalue weighted by Crippen LogP contribution is -2.28. The molecule has 0 N–H and O–H groups in total. The van der Waals surface area contributed by atoms with Crippen molar-refractivity contribution < 1.29 is 0 Å². The zero-order valence-corrected chi connectivity index (χ0v) is 11.2. The first-order valence-electron chi connectivity index (χ1n) is 5.86. The Morgan fingerprint density at radius 2 is 1.88 bits per heavy atom. The molecule has 0 unspecified atom stereocenters. The molecule has 0 aromatic heterocycles. The Hall–Kier alpha value is -1.37. The van der Waals surface area contributed by atoms with Gasteiger partial charge >= 0.3 is 0 Å². The molecule has 0 amide bonds. The molecule has 1 rings (SSSR count). The van der Waals surface area contributed by atoms with Crippen molar-refractivity contribution in [2.24, 2.45) is 0 Å². The van der Waals surface area contributed by atoms with E-state index in [4.69, 9.17) is 5.26 Å². The van der Waals surface area contributed by atoms with Gasteiger partial charge in [-0.3, -0.25) is 0 Å². The molecule has 1 aromatic rings. The maximum absolute atomic E-state index is 8.81. The van der Waals surface area contributed by atoms with E-state index in [2.05, 4.69) is 50.0 Å². The zero-order valence-electron chi connectivity index (χ0n) is 11.2. The maximum Gasteiger partial charge on any atom is 0.0991 e. The van der Waals surface area contributed by atoms with E-state index >= 15 is 0 Å². The molecule has 0 fully saturated rings. The standard InChI is InChI=1S/C14H21N3/c1-12-9-13(10-15)5-6-14(12)11-17(4)8-7-16(2)3/h5-6,9H,7-8,11H2,1-4H3. The minimum absolute atomic E-state index is 0.738. The van der Waals surface area contributed by atoms with E-state index in [0.29, 0.717) is 0 Å². The topological polar surface area (TPSA) is 30.3 Å². The Bertz CT molecular complexity index is 404. The Morgan fingerprint density at radius 1 is 1.18 bits per heavy atom. The van der Waals surface area contributed by atoms with Crippen LogP contribution >= 0.6 is 0 Å². The van der Waals surface area contributed by atoms with Crippen molar-refractivity contribution in [3.63, 3.8) is 0 Å². The molecular weight excluding hydrogens is 210 g/mol. The molecular formula is C14H21N3. The average Bonchev–Trinajstić information content (AvgIpc) is 2.29. The molecule has 0 aliphatic heterocycles. The highest BCUT2D eigenvalue weighted by molar-refractivity contribution is 5.37. The monoisotopic (exact) mass is 231 g/mol. The van der Waals surface area contributed by atoms with Gasteiger partial charge < -0.3 is 9.80 Å². The number of hydrogen-bond acceptors (Lipinski definition) is 3. The molecule has 0 radical (unpaired) electrons. The Morgan fingerprint density at radius 3 is 2.41 bits per heavy atom. The second-order valence-electron chi connectivity index (χ2n) is 4.79. The fourth-order valence-corrected chi connectivity index (χ4v) is 1.68. The van der Waals surface area contributed by atoms with Crippen LogP contribution in [0.1, 0.15) is 16.7 Å². The van der Waals surface area contributed by atoms with Crippen molar-refractivity contribution in [1.29, 1.82) is 5.26 Å². The van der Waals surface area contributed by atoms with Gasteiger partial charge in [0.2, 0.25) is 0 Å². The SMILES string of the molecule is Cc1cc(C#N)ccc1CN(C)CCN(C)C. The number of likely N-dealkylation sites (N-methyl/N-ethyl adjacent to an activating group) is 2. The third-order valence-corrected chi connectivity index (χ3v) is 2.84. The highest BCUT2D eigenvalue weighted by Crippen LogP contribution is 2.12. The van der Waals surface area contributed by atoms with Crippen molar-refractivity contribution in [1.82, 2.24) is 9.80 Å². The zero-order chi connectivity index (χ0) is 12.8. The Balaban J connectivity index is 2.60. The van der Waals surface area contributed by atoms with Crippen molar-refractivity contribution >= 4 is 0 Å².